The van der Waals surface area contributed by atoms with E-state index in [1.165, 1.54) is 0 Å². The number of ether oxygens (including phenoxy) is 2. The van der Waals surface area contributed by atoms with Gasteiger partial charge in [-0.05, 0) is 125 Å². The van der Waals surface area contributed by atoms with Crippen molar-refractivity contribution in [2.45, 2.75) is 13.0 Å². The van der Waals surface area contributed by atoms with Gasteiger partial charge < -0.3 is 14.6 Å². The maximum absolute atomic E-state index is 11.6. The van der Waals surface area contributed by atoms with Crippen LogP contribution in [0.5, 0.6) is 0 Å². The van der Waals surface area contributed by atoms with Gasteiger partial charge in [0, 0.05) is 11.8 Å². The number of carbonyl (C=O) groups excluding carboxylic acids is 2. The largest absolute Gasteiger partial charge is 0.452 e. The van der Waals surface area contributed by atoms with Crippen molar-refractivity contribution in [2.75, 3.05) is 13.2 Å². The summed E-state index contributed by atoms with van der Waals surface area (Å²) in [6, 6.07) is 0. The third-order valence-electron chi connectivity index (χ3n) is 2.47. The molecule has 0 heterocycles. The molecule has 0 saturated carbocycles. The van der Waals surface area contributed by atoms with E-state index in [0.29, 0.717) is 0 Å². The van der Waals surface area contributed by atoms with E-state index in [1.54, 1.807) is 6.92 Å². The van der Waals surface area contributed by atoms with Gasteiger partial charge in [0.25, 0.3) is 0 Å². The van der Waals surface area contributed by atoms with E-state index in [1.807, 2.05) is 0 Å². The maximum Gasteiger partial charge on any atom is 0.385 e. The van der Waals surface area contributed by atoms with Gasteiger partial charge >= 0.3 is 11.9 Å². The molecule has 35 heavy (non-hydrogen) atoms. The summed E-state index contributed by atoms with van der Waals surface area (Å²) in [5, 5.41) is 9.22. The molecule has 5 heteroatoms. The van der Waals surface area contributed by atoms with E-state index >= 15 is 0 Å². The summed E-state index contributed by atoms with van der Waals surface area (Å²) >= 11 is 0. The van der Waals surface area contributed by atoms with Gasteiger partial charge in [-0.1, -0.05) is 5.92 Å². The zero-order valence-corrected chi connectivity index (χ0v) is 18.1. The SMILES string of the molecule is C#CC#CC#CC#CC#CC#CC#CC(=O)O[C@@H](CO)COC(=O)C#CC#CC#CC#CC#CC. The van der Waals surface area contributed by atoms with Crippen LogP contribution < -0.4 is 0 Å². The predicted octanol–water partition coefficient (Wildman–Crippen LogP) is -0.876. The van der Waals surface area contributed by atoms with Crippen LogP contribution in [0.3, 0.4) is 0 Å². The Labute approximate surface area is 205 Å². The van der Waals surface area contributed by atoms with Crippen LogP contribution in [-0.2, 0) is 19.1 Å². The minimum atomic E-state index is -1.14. The highest BCUT2D eigenvalue weighted by Gasteiger charge is 2.14. The van der Waals surface area contributed by atoms with Crippen molar-refractivity contribution in [3.8, 4) is 143 Å². The van der Waals surface area contributed by atoms with E-state index in [-0.39, 0.29) is 0 Å². The van der Waals surface area contributed by atoms with E-state index in [2.05, 4.69) is 136 Å². The second kappa shape index (κ2) is 22.3. The van der Waals surface area contributed by atoms with Gasteiger partial charge in [-0.25, -0.2) is 9.59 Å². The van der Waals surface area contributed by atoms with Crippen LogP contribution in [0.25, 0.3) is 0 Å². The zero-order valence-electron chi connectivity index (χ0n) is 18.1. The van der Waals surface area contributed by atoms with Gasteiger partial charge in [0.1, 0.15) is 6.61 Å². The van der Waals surface area contributed by atoms with Gasteiger partial charge in [0.15, 0.2) is 6.10 Å². The average Bonchev–Trinajstić information content (AvgIpc) is 2.86. The number of carbonyl (C=O) groups is 2. The molecule has 0 unspecified atom stereocenters. The number of hydrogen-bond donors (Lipinski definition) is 1. The summed E-state index contributed by atoms with van der Waals surface area (Å²) in [7, 11) is 0. The zero-order chi connectivity index (χ0) is 25.8. The summed E-state index contributed by atoms with van der Waals surface area (Å²) in [6.45, 7) is 0.594. The number of aliphatic hydroxyl groups excluding tert-OH is 1. The molecule has 0 spiro atoms. The lowest BCUT2D eigenvalue weighted by molar-refractivity contribution is -0.153. The minimum absolute atomic E-state index is 0.439. The highest BCUT2D eigenvalue weighted by molar-refractivity contribution is 5.90. The van der Waals surface area contributed by atoms with Crippen LogP contribution in [0.15, 0.2) is 0 Å². The van der Waals surface area contributed by atoms with E-state index in [9.17, 15) is 14.7 Å². The molecule has 5 nitrogen and oxygen atoms in total. The first-order valence-corrected chi connectivity index (χ1v) is 9.01. The van der Waals surface area contributed by atoms with Gasteiger partial charge in [0.2, 0.25) is 0 Å². The van der Waals surface area contributed by atoms with E-state index in [4.69, 9.17) is 15.9 Å². The molecule has 160 valence electrons. The van der Waals surface area contributed by atoms with Crippen LogP contribution in [0, 0.1) is 143 Å². The first-order chi connectivity index (χ1) is 17.1. The Kier molecular flexibility index (Phi) is 18.2. The van der Waals surface area contributed by atoms with Crippen molar-refractivity contribution < 1.29 is 24.2 Å². The summed E-state index contributed by atoms with van der Waals surface area (Å²) in [5.41, 5.74) is 0. The smallest absolute Gasteiger partial charge is 0.385 e. The van der Waals surface area contributed by atoms with Crippen LogP contribution >= 0.6 is 0 Å². The standard InChI is InChI=1S/C30H10O5/c1-3-5-7-9-11-13-14-15-17-19-21-23-25-30(33)35-28(26-31)27-34-29(32)24-22-20-18-16-12-10-8-6-4-2/h1,28,31H,26-27H2,2H3/t28-/m0/s1. The van der Waals surface area contributed by atoms with Crippen molar-refractivity contribution in [1.29, 1.82) is 0 Å². The summed E-state index contributed by atoms with van der Waals surface area (Å²) in [4.78, 5) is 23.1. The Bertz CT molecular complexity index is 1570. The lowest BCUT2D eigenvalue weighted by Gasteiger charge is -2.12. The van der Waals surface area contributed by atoms with Crippen LogP contribution in [0.2, 0.25) is 0 Å². The maximum atomic E-state index is 11.6. The molecule has 0 aliphatic heterocycles. The van der Waals surface area contributed by atoms with Crippen LogP contribution in [0.1, 0.15) is 6.92 Å². The van der Waals surface area contributed by atoms with Gasteiger partial charge in [-0.3, -0.25) is 0 Å². The first kappa shape index (κ1) is 28.6. The quantitative estimate of drug-likeness (QED) is 0.343. The number of esters is 2. The summed E-state index contributed by atoms with van der Waals surface area (Å²) < 4.78 is 9.59. The molecular weight excluding hydrogens is 440 g/mol. The topological polar surface area (TPSA) is 72.8 Å². The Balaban J connectivity index is 4.57. The molecule has 0 aliphatic rings. The lowest BCUT2D eigenvalue weighted by atomic mass is 10.4. The fraction of sp³-hybridized carbons (Fsp3) is 0.133. The Morgan fingerprint density at radius 1 is 0.657 bits per heavy atom. The van der Waals surface area contributed by atoms with Gasteiger partial charge in [-0.2, -0.15) is 0 Å². The van der Waals surface area contributed by atoms with E-state index < -0.39 is 31.3 Å². The highest BCUT2D eigenvalue weighted by Crippen LogP contribution is 1.94. The lowest BCUT2D eigenvalue weighted by Crippen LogP contribution is -2.27. The fourth-order valence-electron chi connectivity index (χ4n) is 1.24. The normalized spacial score (nSPS) is 6.66. The second-order valence-corrected chi connectivity index (χ2v) is 4.83. The summed E-state index contributed by atoms with van der Waals surface area (Å²) in [5.74, 6) is 51.9. The molecule has 0 aromatic heterocycles. The van der Waals surface area contributed by atoms with Gasteiger partial charge in [0.05, 0.1) is 6.61 Å². The third kappa shape index (κ3) is 20.7. The molecule has 0 saturated heterocycles. The Hall–Kier alpha value is -6.38. The number of terminal acetylenes is 1. The molecule has 0 aromatic rings. The molecule has 0 bridgehead atoms. The van der Waals surface area contributed by atoms with Crippen LogP contribution in [0.4, 0.5) is 0 Å². The van der Waals surface area contributed by atoms with Crippen molar-refractivity contribution in [2.24, 2.45) is 0 Å². The Morgan fingerprint density at radius 2 is 1.06 bits per heavy atom. The average molecular weight is 450 g/mol. The third-order valence-corrected chi connectivity index (χ3v) is 2.47. The predicted molar refractivity (Wildman–Crippen MR) is 128 cm³/mol. The highest BCUT2D eigenvalue weighted by atomic mass is 16.6. The minimum Gasteiger partial charge on any atom is -0.452 e. The van der Waals surface area contributed by atoms with Gasteiger partial charge in [-0.15, -0.1) is 6.42 Å². The summed E-state index contributed by atoms with van der Waals surface area (Å²) in [6.07, 6.45) is 3.77. The van der Waals surface area contributed by atoms with Crippen molar-refractivity contribution in [1.82, 2.24) is 0 Å². The molecule has 1 N–H and O–H groups in total. The molecule has 0 aromatic carbocycles. The molecule has 0 rings (SSSR count). The van der Waals surface area contributed by atoms with E-state index in [0.717, 1.165) is 0 Å². The van der Waals surface area contributed by atoms with Crippen molar-refractivity contribution in [3.63, 3.8) is 0 Å². The number of rotatable bonds is 4. The molecule has 1 atom stereocenters. The second-order valence-electron chi connectivity index (χ2n) is 4.83. The van der Waals surface area contributed by atoms with Crippen molar-refractivity contribution in [3.05, 3.63) is 0 Å². The fourth-order valence-corrected chi connectivity index (χ4v) is 1.24. The van der Waals surface area contributed by atoms with Crippen LogP contribution in [-0.4, -0.2) is 36.4 Å². The monoisotopic (exact) mass is 450 g/mol. The molecule has 0 fully saturated rings. The molecule has 0 aliphatic carbocycles. The molecule has 0 amide bonds. The number of hydrogen-bond acceptors (Lipinski definition) is 5. The number of aliphatic hydroxyl groups is 1. The van der Waals surface area contributed by atoms with Crippen molar-refractivity contribution >= 4 is 11.9 Å². The Morgan fingerprint density at radius 3 is 1.49 bits per heavy atom. The molecule has 0 radical (unpaired) electrons. The first-order valence-electron chi connectivity index (χ1n) is 9.01. The molecular formula is C30H10O5.